The molecule has 0 saturated carbocycles. The van der Waals surface area contributed by atoms with Gasteiger partial charge in [0.2, 0.25) is 5.91 Å². The number of anilines is 1. The summed E-state index contributed by atoms with van der Waals surface area (Å²) in [5.74, 6) is 0.755. The molecule has 1 fully saturated rings. The van der Waals surface area contributed by atoms with Crippen LogP contribution in [0.15, 0.2) is 18.3 Å². The molecule has 4 heteroatoms. The molecule has 2 rings (SSSR count). The van der Waals surface area contributed by atoms with Gasteiger partial charge in [0.25, 0.3) is 0 Å². The van der Waals surface area contributed by atoms with Crippen molar-refractivity contribution < 1.29 is 4.79 Å². The van der Waals surface area contributed by atoms with Crippen LogP contribution in [0.5, 0.6) is 0 Å². The number of carbonyl (C=O) groups is 1. The third-order valence-electron chi connectivity index (χ3n) is 2.25. The molecule has 1 aromatic heterocycles. The lowest BCUT2D eigenvalue weighted by Crippen LogP contribution is -2.25. The highest BCUT2D eigenvalue weighted by Crippen LogP contribution is 2.22. The fraction of sp³-hybridized carbons (Fsp3) is 0.400. The fourth-order valence-electron chi connectivity index (χ4n) is 1.51. The lowest BCUT2D eigenvalue weighted by molar-refractivity contribution is -0.117. The molecule has 1 amide bonds. The van der Waals surface area contributed by atoms with Gasteiger partial charge in [-0.3, -0.25) is 9.69 Å². The number of amides is 1. The Morgan fingerprint density at radius 3 is 2.86 bits per heavy atom. The van der Waals surface area contributed by atoms with Crippen molar-refractivity contribution in [1.82, 2.24) is 4.98 Å². The van der Waals surface area contributed by atoms with Crippen molar-refractivity contribution >= 4 is 23.3 Å². The molecule has 1 atom stereocenters. The van der Waals surface area contributed by atoms with Crippen molar-refractivity contribution in [2.24, 2.45) is 0 Å². The summed E-state index contributed by atoms with van der Waals surface area (Å²) in [6.07, 6.45) is 2.17. The predicted molar refractivity (Wildman–Crippen MR) is 55.6 cm³/mol. The zero-order valence-corrected chi connectivity index (χ0v) is 8.66. The van der Waals surface area contributed by atoms with Crippen LogP contribution < -0.4 is 4.90 Å². The van der Waals surface area contributed by atoms with Crippen molar-refractivity contribution in [3.8, 4) is 0 Å². The van der Waals surface area contributed by atoms with Gasteiger partial charge in [-0.15, -0.1) is 11.6 Å². The lowest BCUT2D eigenvalue weighted by atomic mass is 10.3. The molecule has 1 aromatic rings. The summed E-state index contributed by atoms with van der Waals surface area (Å²) in [6.45, 7) is 2.53. The van der Waals surface area contributed by atoms with Crippen LogP contribution in [0.1, 0.15) is 12.0 Å². The second-order valence-corrected chi connectivity index (χ2v) is 4.12. The molecule has 1 unspecified atom stereocenters. The second kappa shape index (κ2) is 3.58. The molecular formula is C10H11ClN2O. The van der Waals surface area contributed by atoms with E-state index in [1.165, 1.54) is 0 Å². The summed E-state index contributed by atoms with van der Waals surface area (Å²) < 4.78 is 0. The maximum Gasteiger partial charge on any atom is 0.229 e. The average molecular weight is 211 g/mol. The van der Waals surface area contributed by atoms with E-state index in [1.807, 2.05) is 19.1 Å². The summed E-state index contributed by atoms with van der Waals surface area (Å²) in [5, 5.41) is -0.0781. The van der Waals surface area contributed by atoms with Gasteiger partial charge < -0.3 is 0 Å². The number of rotatable bonds is 1. The van der Waals surface area contributed by atoms with E-state index in [9.17, 15) is 4.79 Å². The number of aromatic nitrogens is 1. The number of alkyl halides is 1. The first-order valence-electron chi connectivity index (χ1n) is 4.54. The van der Waals surface area contributed by atoms with Gasteiger partial charge in [0, 0.05) is 19.2 Å². The van der Waals surface area contributed by atoms with Gasteiger partial charge in [-0.05, 0) is 18.6 Å². The van der Waals surface area contributed by atoms with Crippen LogP contribution in [-0.4, -0.2) is 22.8 Å². The van der Waals surface area contributed by atoms with Crippen LogP contribution in [0.2, 0.25) is 0 Å². The maximum atomic E-state index is 11.5. The van der Waals surface area contributed by atoms with Crippen molar-refractivity contribution in [3.05, 3.63) is 23.9 Å². The van der Waals surface area contributed by atoms with Crippen LogP contribution in [0, 0.1) is 6.92 Å². The zero-order chi connectivity index (χ0) is 10.1. The molecule has 0 N–H and O–H groups in total. The Morgan fingerprint density at radius 2 is 2.36 bits per heavy atom. The number of hydrogen-bond donors (Lipinski definition) is 0. The standard InChI is InChI=1S/C10H11ClN2O/c1-7-2-3-9(12-5-7)13-6-8(11)4-10(13)14/h2-3,5,8H,4,6H2,1H3. The summed E-state index contributed by atoms with van der Waals surface area (Å²) in [4.78, 5) is 17.3. The van der Waals surface area contributed by atoms with Crippen LogP contribution >= 0.6 is 11.6 Å². The quantitative estimate of drug-likeness (QED) is 0.662. The van der Waals surface area contributed by atoms with Gasteiger partial charge in [0.15, 0.2) is 0 Å². The molecule has 2 heterocycles. The minimum absolute atomic E-state index is 0.0568. The smallest absolute Gasteiger partial charge is 0.229 e. The molecule has 14 heavy (non-hydrogen) atoms. The predicted octanol–water partition coefficient (Wildman–Crippen LogP) is 1.73. The Bertz CT molecular complexity index is 350. The molecule has 1 saturated heterocycles. The molecule has 0 bridgehead atoms. The third-order valence-corrected chi connectivity index (χ3v) is 2.54. The van der Waals surface area contributed by atoms with Crippen molar-refractivity contribution in [1.29, 1.82) is 0 Å². The first-order valence-corrected chi connectivity index (χ1v) is 4.97. The fourth-order valence-corrected chi connectivity index (χ4v) is 1.78. The normalized spacial score (nSPS) is 21.7. The number of aryl methyl sites for hydroxylation is 1. The van der Waals surface area contributed by atoms with Crippen molar-refractivity contribution in [2.45, 2.75) is 18.7 Å². The molecular weight excluding hydrogens is 200 g/mol. The Balaban J connectivity index is 2.23. The van der Waals surface area contributed by atoms with Crippen LogP contribution in [0.4, 0.5) is 5.82 Å². The maximum absolute atomic E-state index is 11.5. The Kier molecular flexibility index (Phi) is 2.42. The minimum Gasteiger partial charge on any atom is -0.295 e. The van der Waals surface area contributed by atoms with Crippen LogP contribution in [0.25, 0.3) is 0 Å². The molecule has 1 aliphatic heterocycles. The largest absolute Gasteiger partial charge is 0.295 e. The van der Waals surface area contributed by atoms with Gasteiger partial charge in [0.1, 0.15) is 5.82 Å². The highest BCUT2D eigenvalue weighted by Gasteiger charge is 2.29. The van der Waals surface area contributed by atoms with Gasteiger partial charge >= 0.3 is 0 Å². The summed E-state index contributed by atoms with van der Waals surface area (Å²) in [6, 6.07) is 3.79. The van der Waals surface area contributed by atoms with Gasteiger partial charge in [-0.25, -0.2) is 4.98 Å². The van der Waals surface area contributed by atoms with E-state index in [-0.39, 0.29) is 11.3 Å². The van der Waals surface area contributed by atoms with E-state index >= 15 is 0 Å². The Labute approximate surface area is 87.7 Å². The van der Waals surface area contributed by atoms with Gasteiger partial charge in [-0.2, -0.15) is 0 Å². The van der Waals surface area contributed by atoms with E-state index in [0.717, 1.165) is 5.56 Å². The molecule has 0 aliphatic carbocycles. The first kappa shape index (κ1) is 9.46. The molecule has 0 aromatic carbocycles. The Morgan fingerprint density at radius 1 is 1.57 bits per heavy atom. The van der Waals surface area contributed by atoms with Crippen LogP contribution in [0.3, 0.4) is 0 Å². The zero-order valence-electron chi connectivity index (χ0n) is 7.90. The number of carbonyl (C=O) groups excluding carboxylic acids is 1. The topological polar surface area (TPSA) is 33.2 Å². The monoisotopic (exact) mass is 210 g/mol. The number of pyridine rings is 1. The van der Waals surface area contributed by atoms with Crippen molar-refractivity contribution in [3.63, 3.8) is 0 Å². The average Bonchev–Trinajstić information content (AvgIpc) is 2.47. The number of nitrogens with zero attached hydrogens (tertiary/aromatic N) is 2. The lowest BCUT2D eigenvalue weighted by Gasteiger charge is -2.14. The SMILES string of the molecule is Cc1ccc(N2CC(Cl)CC2=O)nc1. The molecule has 0 radical (unpaired) electrons. The van der Waals surface area contributed by atoms with E-state index in [1.54, 1.807) is 11.1 Å². The first-order chi connectivity index (χ1) is 6.66. The molecule has 74 valence electrons. The number of hydrogen-bond acceptors (Lipinski definition) is 2. The van der Waals surface area contributed by atoms with E-state index in [2.05, 4.69) is 4.98 Å². The van der Waals surface area contributed by atoms with E-state index in [4.69, 9.17) is 11.6 Å². The summed E-state index contributed by atoms with van der Waals surface area (Å²) in [5.41, 5.74) is 1.09. The molecule has 3 nitrogen and oxygen atoms in total. The minimum atomic E-state index is -0.0781. The van der Waals surface area contributed by atoms with Crippen LogP contribution in [-0.2, 0) is 4.79 Å². The Hall–Kier alpha value is -1.09. The third kappa shape index (κ3) is 1.73. The summed E-state index contributed by atoms with van der Waals surface area (Å²) in [7, 11) is 0. The number of halogens is 1. The summed E-state index contributed by atoms with van der Waals surface area (Å²) >= 11 is 5.89. The van der Waals surface area contributed by atoms with E-state index < -0.39 is 0 Å². The highest BCUT2D eigenvalue weighted by atomic mass is 35.5. The van der Waals surface area contributed by atoms with Crippen molar-refractivity contribution in [2.75, 3.05) is 11.4 Å². The highest BCUT2D eigenvalue weighted by molar-refractivity contribution is 6.24. The molecule has 1 aliphatic rings. The second-order valence-electron chi connectivity index (χ2n) is 3.50. The van der Waals surface area contributed by atoms with Gasteiger partial charge in [0.05, 0.1) is 5.38 Å². The molecule has 0 spiro atoms. The van der Waals surface area contributed by atoms with Gasteiger partial charge in [-0.1, -0.05) is 6.07 Å². The van der Waals surface area contributed by atoms with E-state index in [0.29, 0.717) is 18.8 Å².